The molecule has 0 fully saturated rings. The molecule has 56 valence electrons. The summed E-state index contributed by atoms with van der Waals surface area (Å²) in [5.74, 6) is 0. The van der Waals surface area contributed by atoms with Crippen LogP contribution in [0.25, 0.3) is 4.98 Å². The Morgan fingerprint density at radius 1 is 1.27 bits per heavy atom. The van der Waals surface area contributed by atoms with Gasteiger partial charge in [-0.05, 0) is 5.56 Å². The average molecular weight is 149 g/mol. The van der Waals surface area contributed by atoms with E-state index in [4.69, 9.17) is 5.39 Å². The molecule has 0 saturated carbocycles. The lowest BCUT2D eigenvalue weighted by Gasteiger charge is -1.91. The summed E-state index contributed by atoms with van der Waals surface area (Å²) in [4.78, 5) is 3.06. The molecule has 0 amide bonds. The van der Waals surface area contributed by atoms with Crippen LogP contribution in [0.5, 0.6) is 0 Å². The quantitative estimate of drug-likeness (QED) is 0.625. The van der Waals surface area contributed by atoms with Gasteiger partial charge in [-0.25, -0.2) is 0 Å². The first-order valence-corrected chi connectivity index (χ1v) is 3.60. The fraction of sp³-hybridized carbons (Fsp3) is 0.250. The van der Waals surface area contributed by atoms with E-state index in [2.05, 4.69) is 10.7 Å². The Kier molecular flexibility index (Phi) is 2.59. The van der Waals surface area contributed by atoms with Crippen LogP contribution in [0, 0.1) is 5.39 Å². The second-order valence-electron chi connectivity index (χ2n) is 2.37. The van der Waals surface area contributed by atoms with Crippen molar-refractivity contribution in [3.05, 3.63) is 34.8 Å². The number of quaternary nitrogens is 1. The van der Waals surface area contributed by atoms with E-state index in [1.807, 2.05) is 12.1 Å². The summed E-state index contributed by atoms with van der Waals surface area (Å²) in [5, 5.41) is 8.37. The van der Waals surface area contributed by atoms with E-state index in [0.717, 1.165) is 13.0 Å². The lowest BCUT2D eigenvalue weighted by molar-refractivity contribution is -0.366. The molecule has 0 unspecified atom stereocenters. The molecule has 0 aliphatic rings. The van der Waals surface area contributed by atoms with Gasteiger partial charge in [0.1, 0.15) is 0 Å². The van der Waals surface area contributed by atoms with Crippen LogP contribution in [-0.2, 0) is 6.42 Å². The van der Waals surface area contributed by atoms with E-state index >= 15 is 0 Å². The first-order valence-electron chi connectivity index (χ1n) is 3.60. The Labute approximate surface area is 65.5 Å². The zero-order valence-electron chi connectivity index (χ0n) is 6.33. The van der Waals surface area contributed by atoms with Crippen molar-refractivity contribution in [2.24, 2.45) is 0 Å². The molecule has 0 heterocycles. The predicted molar refractivity (Wildman–Crippen MR) is 42.6 cm³/mol. The summed E-state index contributed by atoms with van der Waals surface area (Å²) in [5.41, 5.74) is 5.58. The third kappa shape index (κ3) is 2.03. The third-order valence-electron chi connectivity index (χ3n) is 1.52. The fourth-order valence-electron chi connectivity index (χ4n) is 0.933. The standard InChI is InChI=1S/C8H10N3/c9-6-5-7-1-3-8(11-10)4-2-7/h1-4H,5-6,9H2/q+1/p+1. The van der Waals surface area contributed by atoms with Crippen LogP contribution in [0.4, 0.5) is 5.69 Å². The summed E-state index contributed by atoms with van der Waals surface area (Å²) in [6.45, 7) is 0.898. The van der Waals surface area contributed by atoms with Gasteiger partial charge in [-0.1, -0.05) is 12.1 Å². The van der Waals surface area contributed by atoms with Gasteiger partial charge in [0, 0.05) is 18.6 Å². The van der Waals surface area contributed by atoms with Crippen LogP contribution < -0.4 is 5.73 Å². The molecule has 3 N–H and O–H groups in total. The molecule has 3 nitrogen and oxygen atoms in total. The molecule has 1 rings (SSSR count). The van der Waals surface area contributed by atoms with Crippen LogP contribution in [0.3, 0.4) is 0 Å². The minimum atomic E-state index is 0.595. The van der Waals surface area contributed by atoms with Crippen molar-refractivity contribution in [1.29, 1.82) is 5.39 Å². The minimum Gasteiger partial charge on any atom is -0.357 e. The maximum Gasteiger partial charge on any atom is 0.385 e. The largest absolute Gasteiger partial charge is 0.385 e. The number of hydrogen-bond donors (Lipinski definition) is 1. The lowest BCUT2D eigenvalue weighted by Crippen LogP contribution is -2.51. The molecular weight excluding hydrogens is 138 g/mol. The molecule has 0 spiro atoms. The monoisotopic (exact) mass is 149 g/mol. The van der Waals surface area contributed by atoms with E-state index < -0.39 is 0 Å². The molecule has 3 heteroatoms. The molecule has 0 aliphatic carbocycles. The highest BCUT2D eigenvalue weighted by Crippen LogP contribution is 2.12. The molecular formula is C8H11N3+2. The maximum atomic E-state index is 8.37. The number of hydrogen-bond acceptors (Lipinski definition) is 1. The lowest BCUT2D eigenvalue weighted by atomic mass is 10.1. The Balaban J connectivity index is 2.76. The van der Waals surface area contributed by atoms with Crippen LogP contribution in [-0.4, -0.2) is 6.54 Å². The maximum absolute atomic E-state index is 8.37. The van der Waals surface area contributed by atoms with Crippen LogP contribution in [0.2, 0.25) is 0 Å². The highest BCUT2D eigenvalue weighted by atomic mass is 14.8. The summed E-state index contributed by atoms with van der Waals surface area (Å²) >= 11 is 0. The van der Waals surface area contributed by atoms with E-state index in [-0.39, 0.29) is 0 Å². The van der Waals surface area contributed by atoms with Crippen molar-refractivity contribution in [3.8, 4) is 0 Å². The first kappa shape index (κ1) is 7.70. The van der Waals surface area contributed by atoms with Gasteiger partial charge in [-0.15, -0.1) is 0 Å². The number of diazo groups is 1. The molecule has 1 aromatic rings. The van der Waals surface area contributed by atoms with Gasteiger partial charge in [0.05, 0.1) is 6.54 Å². The second-order valence-corrected chi connectivity index (χ2v) is 2.37. The van der Waals surface area contributed by atoms with E-state index in [0.29, 0.717) is 5.69 Å². The molecule has 0 aliphatic heterocycles. The van der Waals surface area contributed by atoms with Crippen LogP contribution in [0.15, 0.2) is 24.3 Å². The second kappa shape index (κ2) is 3.69. The molecule has 0 atom stereocenters. The van der Waals surface area contributed by atoms with E-state index in [1.54, 1.807) is 12.1 Å². The van der Waals surface area contributed by atoms with Crippen LogP contribution in [0.1, 0.15) is 5.56 Å². The van der Waals surface area contributed by atoms with Crippen molar-refractivity contribution in [2.45, 2.75) is 6.42 Å². The molecule has 11 heavy (non-hydrogen) atoms. The zero-order valence-corrected chi connectivity index (χ0v) is 6.33. The Morgan fingerprint density at radius 3 is 2.36 bits per heavy atom. The zero-order chi connectivity index (χ0) is 8.10. The van der Waals surface area contributed by atoms with Gasteiger partial charge in [0.25, 0.3) is 0 Å². The van der Waals surface area contributed by atoms with Gasteiger partial charge in [0.15, 0.2) is 4.98 Å². The Bertz CT molecular complexity index is 258. The summed E-state index contributed by atoms with van der Waals surface area (Å²) in [6, 6.07) is 7.45. The highest BCUT2D eigenvalue weighted by molar-refractivity contribution is 5.44. The van der Waals surface area contributed by atoms with Gasteiger partial charge in [-0.3, -0.25) is 0 Å². The summed E-state index contributed by atoms with van der Waals surface area (Å²) in [7, 11) is 0. The highest BCUT2D eigenvalue weighted by Gasteiger charge is 2.01. The predicted octanol–water partition coefficient (Wildman–Crippen LogP) is 0.956. The normalized spacial score (nSPS) is 9.09. The topological polar surface area (TPSA) is 55.8 Å². The summed E-state index contributed by atoms with van der Waals surface area (Å²) < 4.78 is 0. The van der Waals surface area contributed by atoms with Gasteiger partial charge < -0.3 is 5.73 Å². The van der Waals surface area contributed by atoms with E-state index in [9.17, 15) is 0 Å². The average Bonchev–Trinajstić information content (AvgIpc) is 2.07. The van der Waals surface area contributed by atoms with Crippen molar-refractivity contribution in [2.75, 3.05) is 6.54 Å². The molecule has 1 aromatic carbocycles. The molecule has 0 saturated heterocycles. The SMILES string of the molecule is N#[N+]c1ccc(CC[NH3+])cc1. The Morgan fingerprint density at radius 2 is 1.91 bits per heavy atom. The van der Waals surface area contributed by atoms with Gasteiger partial charge in [-0.2, -0.15) is 0 Å². The molecule has 0 aromatic heterocycles. The van der Waals surface area contributed by atoms with E-state index in [1.165, 1.54) is 5.56 Å². The minimum absolute atomic E-state index is 0.595. The van der Waals surface area contributed by atoms with Crippen molar-refractivity contribution < 1.29 is 5.73 Å². The smallest absolute Gasteiger partial charge is 0.357 e. The van der Waals surface area contributed by atoms with Crippen LogP contribution >= 0.6 is 0 Å². The van der Waals surface area contributed by atoms with Crippen molar-refractivity contribution in [3.63, 3.8) is 0 Å². The van der Waals surface area contributed by atoms with Gasteiger partial charge in [0.2, 0.25) is 5.39 Å². The summed E-state index contributed by atoms with van der Waals surface area (Å²) in [6.07, 6.45) is 0.978. The number of rotatable bonds is 2. The number of benzene rings is 1. The number of nitrogens with zero attached hydrogens (tertiary/aromatic N) is 2. The fourth-order valence-corrected chi connectivity index (χ4v) is 0.933. The molecule has 0 bridgehead atoms. The molecule has 0 radical (unpaired) electrons. The third-order valence-corrected chi connectivity index (χ3v) is 1.52. The first-order chi connectivity index (χ1) is 5.36. The van der Waals surface area contributed by atoms with Gasteiger partial charge >= 0.3 is 5.69 Å². The Hall–Kier alpha value is -1.40. The van der Waals surface area contributed by atoms with Crippen molar-refractivity contribution in [1.82, 2.24) is 0 Å². The van der Waals surface area contributed by atoms with Crippen molar-refractivity contribution >= 4 is 5.69 Å².